The molecular weight excluding hydrogens is 224 g/mol. The zero-order valence-corrected chi connectivity index (χ0v) is 10.2. The normalized spacial score (nSPS) is 21.1. The summed E-state index contributed by atoms with van der Waals surface area (Å²) in [5.41, 5.74) is 5.60. The van der Waals surface area contributed by atoms with Crippen molar-refractivity contribution in [2.24, 2.45) is 5.92 Å². The molecule has 0 saturated carbocycles. The maximum absolute atomic E-state index is 5.88. The van der Waals surface area contributed by atoms with Crippen molar-refractivity contribution in [3.8, 4) is 0 Å². The van der Waals surface area contributed by atoms with Gasteiger partial charge in [-0.25, -0.2) is 4.98 Å². The minimum absolute atomic E-state index is 0.251. The summed E-state index contributed by atoms with van der Waals surface area (Å²) in [4.78, 5) is 10.4. The molecule has 0 bridgehead atoms. The molecule has 0 spiro atoms. The van der Waals surface area contributed by atoms with Crippen molar-refractivity contribution < 1.29 is 0 Å². The summed E-state index contributed by atoms with van der Waals surface area (Å²) in [5.74, 6) is 1.86. The average Bonchev–Trinajstić information content (AvgIpc) is 2.28. The van der Waals surface area contributed by atoms with E-state index in [4.69, 9.17) is 17.3 Å². The Morgan fingerprint density at radius 3 is 3.06 bits per heavy atom. The van der Waals surface area contributed by atoms with E-state index in [0.29, 0.717) is 5.15 Å². The van der Waals surface area contributed by atoms with Gasteiger partial charge in [0.2, 0.25) is 5.95 Å². The minimum Gasteiger partial charge on any atom is -0.368 e. The van der Waals surface area contributed by atoms with Gasteiger partial charge in [-0.3, -0.25) is 0 Å². The molecule has 1 aromatic heterocycles. The first kappa shape index (κ1) is 11.5. The van der Waals surface area contributed by atoms with E-state index < -0.39 is 0 Å². The Bertz CT molecular complexity index is 349. The maximum Gasteiger partial charge on any atom is 0.223 e. The van der Waals surface area contributed by atoms with Crippen molar-refractivity contribution in [2.45, 2.75) is 26.2 Å². The van der Waals surface area contributed by atoms with Crippen LogP contribution in [0.2, 0.25) is 5.15 Å². The van der Waals surface area contributed by atoms with E-state index in [0.717, 1.165) is 24.8 Å². The lowest BCUT2D eigenvalue weighted by atomic mass is 9.96. The van der Waals surface area contributed by atoms with E-state index in [1.807, 2.05) is 0 Å². The van der Waals surface area contributed by atoms with E-state index in [2.05, 4.69) is 21.8 Å². The fourth-order valence-electron chi connectivity index (χ4n) is 2.19. The number of anilines is 2. The van der Waals surface area contributed by atoms with Gasteiger partial charge in [-0.05, 0) is 18.8 Å². The van der Waals surface area contributed by atoms with Crippen molar-refractivity contribution >= 4 is 23.4 Å². The highest BCUT2D eigenvalue weighted by Crippen LogP contribution is 2.25. The highest BCUT2D eigenvalue weighted by Gasteiger charge is 2.20. The van der Waals surface area contributed by atoms with Crippen LogP contribution < -0.4 is 10.6 Å². The molecule has 1 unspecified atom stereocenters. The highest BCUT2D eigenvalue weighted by atomic mass is 35.5. The zero-order chi connectivity index (χ0) is 11.5. The second-order valence-corrected chi connectivity index (χ2v) is 4.66. The largest absolute Gasteiger partial charge is 0.368 e. The quantitative estimate of drug-likeness (QED) is 0.807. The fraction of sp³-hybridized carbons (Fsp3) is 0.636. The first-order chi connectivity index (χ1) is 7.69. The van der Waals surface area contributed by atoms with Gasteiger partial charge in [-0.15, -0.1) is 0 Å². The number of nitrogen functional groups attached to an aromatic ring is 1. The van der Waals surface area contributed by atoms with Crippen molar-refractivity contribution in [1.82, 2.24) is 9.97 Å². The molecule has 1 atom stereocenters. The molecule has 2 N–H and O–H groups in total. The molecule has 1 aliphatic heterocycles. The molecule has 0 aliphatic carbocycles. The summed E-state index contributed by atoms with van der Waals surface area (Å²) in [7, 11) is 0. The molecular formula is C11H17ClN4. The van der Waals surface area contributed by atoms with Gasteiger partial charge in [0.1, 0.15) is 11.0 Å². The fourth-order valence-corrected chi connectivity index (χ4v) is 2.38. The van der Waals surface area contributed by atoms with Gasteiger partial charge in [-0.1, -0.05) is 24.9 Å². The molecule has 5 heteroatoms. The van der Waals surface area contributed by atoms with Crippen molar-refractivity contribution in [2.75, 3.05) is 23.7 Å². The summed E-state index contributed by atoms with van der Waals surface area (Å²) in [6, 6.07) is 1.79. The summed E-state index contributed by atoms with van der Waals surface area (Å²) in [6.45, 7) is 4.31. The molecule has 0 radical (unpaired) electrons. The van der Waals surface area contributed by atoms with Crippen LogP contribution in [0.15, 0.2) is 6.07 Å². The van der Waals surface area contributed by atoms with Gasteiger partial charge in [0.25, 0.3) is 0 Å². The first-order valence-electron chi connectivity index (χ1n) is 5.74. The van der Waals surface area contributed by atoms with Crippen LogP contribution in [0.4, 0.5) is 11.8 Å². The predicted octanol–water partition coefficient (Wildman–Crippen LogP) is 2.34. The van der Waals surface area contributed by atoms with Crippen LogP contribution in [-0.4, -0.2) is 23.1 Å². The molecule has 1 aromatic rings. The molecule has 0 aromatic carbocycles. The van der Waals surface area contributed by atoms with E-state index in [1.165, 1.54) is 19.3 Å². The second kappa shape index (κ2) is 4.87. The molecule has 88 valence electrons. The van der Waals surface area contributed by atoms with Crippen LogP contribution in [0.3, 0.4) is 0 Å². The standard InChI is InChI=1S/C11H17ClN4/c1-2-8-4-3-5-16(7-8)10-6-9(12)14-11(13)15-10/h6,8H,2-5,7H2,1H3,(H2,13,14,15). The molecule has 1 saturated heterocycles. The average molecular weight is 241 g/mol. The van der Waals surface area contributed by atoms with Gasteiger partial charge in [0.15, 0.2) is 0 Å². The van der Waals surface area contributed by atoms with Crippen LogP contribution >= 0.6 is 11.6 Å². The lowest BCUT2D eigenvalue weighted by Crippen LogP contribution is -2.35. The SMILES string of the molecule is CCC1CCCN(c2cc(Cl)nc(N)n2)C1. The lowest BCUT2D eigenvalue weighted by molar-refractivity contribution is 0.403. The number of piperidine rings is 1. The second-order valence-electron chi connectivity index (χ2n) is 4.27. The van der Waals surface area contributed by atoms with Crippen molar-refractivity contribution in [3.63, 3.8) is 0 Å². The number of hydrogen-bond donors (Lipinski definition) is 1. The topological polar surface area (TPSA) is 55.0 Å². The number of aromatic nitrogens is 2. The minimum atomic E-state index is 0.251. The van der Waals surface area contributed by atoms with Crippen molar-refractivity contribution in [1.29, 1.82) is 0 Å². The number of rotatable bonds is 2. The van der Waals surface area contributed by atoms with Gasteiger partial charge < -0.3 is 10.6 Å². The van der Waals surface area contributed by atoms with Crippen LogP contribution in [0.5, 0.6) is 0 Å². The van der Waals surface area contributed by atoms with Gasteiger partial charge >= 0.3 is 0 Å². The Kier molecular flexibility index (Phi) is 3.49. The third-order valence-corrected chi connectivity index (χ3v) is 3.31. The van der Waals surface area contributed by atoms with Gasteiger partial charge in [-0.2, -0.15) is 4.98 Å². The molecule has 0 amide bonds. The number of hydrogen-bond acceptors (Lipinski definition) is 4. The Labute approximate surface area is 101 Å². The monoisotopic (exact) mass is 240 g/mol. The molecule has 2 rings (SSSR count). The Morgan fingerprint density at radius 1 is 1.56 bits per heavy atom. The summed E-state index contributed by atoms with van der Waals surface area (Å²) in [6.07, 6.45) is 3.73. The van der Waals surface area contributed by atoms with E-state index in [-0.39, 0.29) is 5.95 Å². The summed E-state index contributed by atoms with van der Waals surface area (Å²) < 4.78 is 0. The van der Waals surface area contributed by atoms with Crippen LogP contribution in [0, 0.1) is 5.92 Å². The van der Waals surface area contributed by atoms with Crippen LogP contribution in [0.1, 0.15) is 26.2 Å². The highest BCUT2D eigenvalue weighted by molar-refractivity contribution is 6.29. The van der Waals surface area contributed by atoms with Gasteiger partial charge in [0.05, 0.1) is 0 Å². The third-order valence-electron chi connectivity index (χ3n) is 3.12. The molecule has 1 aliphatic rings. The van der Waals surface area contributed by atoms with Crippen LogP contribution in [-0.2, 0) is 0 Å². The number of nitrogens with zero attached hydrogens (tertiary/aromatic N) is 3. The Hall–Kier alpha value is -1.03. The van der Waals surface area contributed by atoms with E-state index in [1.54, 1.807) is 6.07 Å². The van der Waals surface area contributed by atoms with Crippen LogP contribution in [0.25, 0.3) is 0 Å². The van der Waals surface area contributed by atoms with E-state index in [9.17, 15) is 0 Å². The number of halogens is 1. The third kappa shape index (κ3) is 2.55. The van der Waals surface area contributed by atoms with Gasteiger partial charge in [0, 0.05) is 19.2 Å². The molecule has 16 heavy (non-hydrogen) atoms. The maximum atomic E-state index is 5.88. The smallest absolute Gasteiger partial charge is 0.223 e. The molecule has 1 fully saturated rings. The first-order valence-corrected chi connectivity index (χ1v) is 6.12. The molecule has 4 nitrogen and oxygen atoms in total. The predicted molar refractivity (Wildman–Crippen MR) is 66.7 cm³/mol. The van der Waals surface area contributed by atoms with E-state index >= 15 is 0 Å². The lowest BCUT2D eigenvalue weighted by Gasteiger charge is -2.33. The Morgan fingerprint density at radius 2 is 2.38 bits per heavy atom. The summed E-state index contributed by atoms with van der Waals surface area (Å²) >= 11 is 5.88. The summed E-state index contributed by atoms with van der Waals surface area (Å²) in [5, 5.41) is 0.418. The number of nitrogens with two attached hydrogens (primary N) is 1. The van der Waals surface area contributed by atoms with Crippen molar-refractivity contribution in [3.05, 3.63) is 11.2 Å². The molecule has 2 heterocycles. The zero-order valence-electron chi connectivity index (χ0n) is 9.49. The Balaban J connectivity index is 2.16.